The number of imide groups is 1. The van der Waals surface area contributed by atoms with Gasteiger partial charge in [-0.1, -0.05) is 6.07 Å². The van der Waals surface area contributed by atoms with Crippen LogP contribution in [0.1, 0.15) is 39.2 Å². The van der Waals surface area contributed by atoms with Gasteiger partial charge in [-0.3, -0.25) is 9.59 Å². The largest absolute Gasteiger partial charge is 0.432 e. The predicted molar refractivity (Wildman–Crippen MR) is 91.7 cm³/mol. The monoisotopic (exact) mass is 380 g/mol. The summed E-state index contributed by atoms with van der Waals surface area (Å²) in [7, 11) is 0. The van der Waals surface area contributed by atoms with Gasteiger partial charge < -0.3 is 9.64 Å². The molecule has 0 atom stereocenters. The summed E-state index contributed by atoms with van der Waals surface area (Å²) < 4.78 is 32.1. The molecule has 146 valence electrons. The van der Waals surface area contributed by atoms with Gasteiger partial charge in [-0.2, -0.15) is 0 Å². The van der Waals surface area contributed by atoms with Crippen molar-refractivity contribution in [2.45, 2.75) is 51.2 Å². The number of nitrogens with zero attached hydrogens (tertiary/aromatic N) is 2. The van der Waals surface area contributed by atoms with E-state index in [0.717, 1.165) is 17.0 Å². The number of carbonyl (C=O) groups excluding carboxylic acids is 3. The third-order valence-electron chi connectivity index (χ3n) is 5.01. The summed E-state index contributed by atoms with van der Waals surface area (Å²) in [5.74, 6) is -2.16. The van der Waals surface area contributed by atoms with Crippen molar-refractivity contribution in [3.8, 4) is 0 Å². The molecule has 2 saturated heterocycles. The minimum absolute atomic E-state index is 0.115. The second-order valence-electron chi connectivity index (χ2n) is 7.97. The summed E-state index contributed by atoms with van der Waals surface area (Å²) in [6, 6.07) is 3.09. The zero-order valence-electron chi connectivity index (χ0n) is 15.6. The van der Waals surface area contributed by atoms with Gasteiger partial charge in [0.15, 0.2) is 5.60 Å². The Balaban J connectivity index is 1.66. The first kappa shape index (κ1) is 19.3. The summed E-state index contributed by atoms with van der Waals surface area (Å²) in [4.78, 5) is 40.0. The van der Waals surface area contributed by atoms with E-state index in [0.29, 0.717) is 0 Å². The van der Waals surface area contributed by atoms with Gasteiger partial charge in [0.25, 0.3) is 5.91 Å². The number of benzene rings is 1. The third kappa shape index (κ3) is 3.52. The first-order chi connectivity index (χ1) is 12.5. The molecule has 0 bridgehead atoms. The van der Waals surface area contributed by atoms with Crippen molar-refractivity contribution in [1.29, 1.82) is 0 Å². The SMILES string of the molecule is CC(C)(C)N1C(=O)OC2(CCN(C(=O)Cc3ccc(F)cc3F)CC2)C1=O. The van der Waals surface area contributed by atoms with Gasteiger partial charge in [0.1, 0.15) is 11.6 Å². The molecule has 0 aliphatic carbocycles. The van der Waals surface area contributed by atoms with E-state index < -0.39 is 28.9 Å². The summed E-state index contributed by atoms with van der Waals surface area (Å²) in [6.07, 6.45) is -0.467. The number of halogens is 2. The van der Waals surface area contributed by atoms with Crippen LogP contribution in [0.2, 0.25) is 0 Å². The molecule has 0 N–H and O–H groups in total. The highest BCUT2D eigenvalue weighted by molar-refractivity contribution is 6.03. The van der Waals surface area contributed by atoms with Gasteiger partial charge in [-0.05, 0) is 32.4 Å². The molecule has 1 aromatic rings. The predicted octanol–water partition coefficient (Wildman–Crippen LogP) is 2.65. The van der Waals surface area contributed by atoms with Crippen molar-refractivity contribution in [1.82, 2.24) is 9.80 Å². The minimum atomic E-state index is -1.23. The first-order valence-electron chi connectivity index (χ1n) is 8.83. The van der Waals surface area contributed by atoms with Gasteiger partial charge in [-0.25, -0.2) is 18.5 Å². The number of hydrogen-bond acceptors (Lipinski definition) is 4. The number of ether oxygens (including phenoxy) is 1. The van der Waals surface area contributed by atoms with Crippen molar-refractivity contribution in [2.24, 2.45) is 0 Å². The minimum Gasteiger partial charge on any atom is -0.432 e. The standard InChI is InChI=1S/C19H22F2N2O4/c1-18(2,3)23-16(25)19(27-17(23)26)6-8-22(9-7-19)15(24)10-12-4-5-13(20)11-14(12)21/h4-5,11H,6-10H2,1-3H3. The van der Waals surface area contributed by atoms with Crippen LogP contribution in [0, 0.1) is 11.6 Å². The average Bonchev–Trinajstić information content (AvgIpc) is 2.80. The van der Waals surface area contributed by atoms with Gasteiger partial charge in [0.05, 0.1) is 6.42 Å². The van der Waals surface area contributed by atoms with Crippen molar-refractivity contribution in [3.05, 3.63) is 35.4 Å². The summed E-state index contributed by atoms with van der Waals surface area (Å²) in [5, 5.41) is 0. The molecule has 3 rings (SSSR count). The van der Waals surface area contributed by atoms with Crippen LogP contribution >= 0.6 is 0 Å². The number of rotatable bonds is 2. The molecule has 6 nitrogen and oxygen atoms in total. The van der Waals surface area contributed by atoms with E-state index in [1.807, 2.05) is 0 Å². The second kappa shape index (κ2) is 6.58. The lowest BCUT2D eigenvalue weighted by atomic mass is 9.89. The maximum absolute atomic E-state index is 13.7. The van der Waals surface area contributed by atoms with E-state index in [-0.39, 0.29) is 49.7 Å². The maximum Gasteiger partial charge on any atom is 0.418 e. The smallest absolute Gasteiger partial charge is 0.418 e. The van der Waals surface area contributed by atoms with E-state index in [4.69, 9.17) is 4.74 Å². The molecule has 27 heavy (non-hydrogen) atoms. The lowest BCUT2D eigenvalue weighted by Gasteiger charge is -2.37. The normalized spacial score (nSPS) is 19.6. The Morgan fingerprint density at radius 3 is 2.33 bits per heavy atom. The van der Waals surface area contributed by atoms with Crippen LogP contribution in [0.5, 0.6) is 0 Å². The van der Waals surface area contributed by atoms with Gasteiger partial charge in [0, 0.05) is 37.5 Å². The lowest BCUT2D eigenvalue weighted by Crippen LogP contribution is -2.54. The fourth-order valence-corrected chi connectivity index (χ4v) is 3.49. The van der Waals surface area contributed by atoms with Crippen LogP contribution in [-0.2, 0) is 20.7 Å². The van der Waals surface area contributed by atoms with Gasteiger partial charge in [-0.15, -0.1) is 0 Å². The van der Waals surface area contributed by atoms with E-state index in [1.165, 1.54) is 11.0 Å². The Hall–Kier alpha value is -2.51. The average molecular weight is 380 g/mol. The first-order valence-corrected chi connectivity index (χ1v) is 8.83. The van der Waals surface area contributed by atoms with Crippen LogP contribution in [0.3, 0.4) is 0 Å². The van der Waals surface area contributed by atoms with Crippen LogP contribution < -0.4 is 0 Å². The van der Waals surface area contributed by atoms with Crippen molar-refractivity contribution < 1.29 is 27.9 Å². The highest BCUT2D eigenvalue weighted by Crippen LogP contribution is 2.37. The quantitative estimate of drug-likeness (QED) is 0.791. The molecular weight excluding hydrogens is 358 g/mol. The molecule has 2 heterocycles. The molecule has 0 aromatic heterocycles. The van der Waals surface area contributed by atoms with E-state index in [1.54, 1.807) is 20.8 Å². The topological polar surface area (TPSA) is 66.9 Å². The third-order valence-corrected chi connectivity index (χ3v) is 5.01. The summed E-state index contributed by atoms with van der Waals surface area (Å²) in [5.41, 5.74) is -1.81. The lowest BCUT2D eigenvalue weighted by molar-refractivity contribution is -0.146. The van der Waals surface area contributed by atoms with E-state index >= 15 is 0 Å². The molecule has 0 saturated carbocycles. The van der Waals surface area contributed by atoms with Crippen LogP contribution in [0.15, 0.2) is 18.2 Å². The second-order valence-corrected chi connectivity index (χ2v) is 7.97. The fraction of sp³-hybridized carbons (Fsp3) is 0.526. The highest BCUT2D eigenvalue weighted by atomic mass is 19.1. The molecule has 2 aliphatic heterocycles. The van der Waals surface area contributed by atoms with E-state index in [2.05, 4.69) is 0 Å². The molecule has 0 unspecified atom stereocenters. The van der Waals surface area contributed by atoms with Crippen molar-refractivity contribution in [3.63, 3.8) is 0 Å². The molecule has 8 heteroatoms. The molecule has 0 radical (unpaired) electrons. The number of hydrogen-bond donors (Lipinski definition) is 0. The van der Waals surface area contributed by atoms with Crippen LogP contribution in [0.25, 0.3) is 0 Å². The Labute approximate surface area is 156 Å². The molecule has 1 aromatic carbocycles. The molecule has 1 spiro atoms. The van der Waals surface area contributed by atoms with Crippen molar-refractivity contribution in [2.75, 3.05) is 13.1 Å². The summed E-state index contributed by atoms with van der Waals surface area (Å²) >= 11 is 0. The van der Waals surface area contributed by atoms with Crippen molar-refractivity contribution >= 4 is 17.9 Å². The fourth-order valence-electron chi connectivity index (χ4n) is 3.49. The zero-order valence-corrected chi connectivity index (χ0v) is 15.6. The Kier molecular flexibility index (Phi) is 4.69. The van der Waals surface area contributed by atoms with E-state index in [9.17, 15) is 23.2 Å². The Morgan fingerprint density at radius 2 is 1.81 bits per heavy atom. The maximum atomic E-state index is 13.7. The number of likely N-dealkylation sites (tertiary alicyclic amines) is 1. The highest BCUT2D eigenvalue weighted by Gasteiger charge is 2.57. The van der Waals surface area contributed by atoms with Gasteiger partial charge >= 0.3 is 6.09 Å². The Bertz CT molecular complexity index is 795. The number of piperidine rings is 1. The number of carbonyl (C=O) groups is 3. The Morgan fingerprint density at radius 1 is 1.19 bits per heavy atom. The van der Waals surface area contributed by atoms with Crippen LogP contribution in [-0.4, -0.2) is 51.9 Å². The molecule has 2 fully saturated rings. The molecular formula is C19H22F2N2O4. The summed E-state index contributed by atoms with van der Waals surface area (Å²) in [6.45, 7) is 5.69. The molecule has 3 amide bonds. The van der Waals surface area contributed by atoms with Gasteiger partial charge in [0.2, 0.25) is 5.91 Å². The zero-order chi connectivity index (χ0) is 20.0. The molecule has 2 aliphatic rings. The van der Waals surface area contributed by atoms with Crippen LogP contribution in [0.4, 0.5) is 13.6 Å². The number of amides is 3.